The number of benzene rings is 2. The highest BCUT2D eigenvalue weighted by Gasteiger charge is 2.06. The van der Waals surface area contributed by atoms with E-state index in [1.54, 1.807) is 12.1 Å². The number of carboxylic acid groups (broad SMARTS) is 1. The van der Waals surface area contributed by atoms with E-state index in [1.165, 1.54) is 0 Å². The Morgan fingerprint density at radius 3 is 2.71 bits per heavy atom. The molecule has 0 fully saturated rings. The van der Waals surface area contributed by atoms with Crippen LogP contribution in [0.3, 0.4) is 0 Å². The van der Waals surface area contributed by atoms with E-state index < -0.39 is 6.09 Å². The van der Waals surface area contributed by atoms with Gasteiger partial charge in [0.15, 0.2) is 0 Å². The van der Waals surface area contributed by atoms with Gasteiger partial charge >= 0.3 is 6.09 Å². The van der Waals surface area contributed by atoms with E-state index in [9.17, 15) is 4.79 Å². The normalized spacial score (nSPS) is 10.1. The second-order valence-corrected chi connectivity index (χ2v) is 4.42. The van der Waals surface area contributed by atoms with Crippen LogP contribution >= 0.6 is 0 Å². The largest absolute Gasteiger partial charge is 0.492 e. The first-order valence-corrected chi connectivity index (χ1v) is 6.42. The molecule has 2 rings (SSSR count). The number of hydrogen-bond acceptors (Lipinski definition) is 4. The minimum atomic E-state index is -1.07. The summed E-state index contributed by atoms with van der Waals surface area (Å²) in [6, 6.07) is 12.9. The summed E-state index contributed by atoms with van der Waals surface area (Å²) in [5, 5.41) is 10.7. The van der Waals surface area contributed by atoms with Gasteiger partial charge in [0, 0.05) is 5.56 Å². The van der Waals surface area contributed by atoms with E-state index in [1.807, 2.05) is 30.3 Å². The lowest BCUT2D eigenvalue weighted by atomic mass is 10.0. The van der Waals surface area contributed by atoms with Crippen LogP contribution in [-0.4, -0.2) is 24.4 Å². The van der Waals surface area contributed by atoms with Crippen molar-refractivity contribution in [1.82, 2.24) is 5.32 Å². The maximum Gasteiger partial charge on any atom is 0.404 e. The van der Waals surface area contributed by atoms with Gasteiger partial charge in [0.25, 0.3) is 0 Å². The Balaban J connectivity index is 2.10. The van der Waals surface area contributed by atoms with Crippen LogP contribution in [0.25, 0.3) is 11.1 Å². The highest BCUT2D eigenvalue weighted by molar-refractivity contribution is 5.84. The third kappa shape index (κ3) is 3.79. The van der Waals surface area contributed by atoms with Gasteiger partial charge in [-0.05, 0) is 23.8 Å². The summed E-state index contributed by atoms with van der Waals surface area (Å²) in [6.07, 6.45) is -1.07. The first-order valence-electron chi connectivity index (χ1n) is 6.42. The molecule has 0 spiro atoms. The molecule has 0 heterocycles. The van der Waals surface area contributed by atoms with Crippen molar-refractivity contribution in [2.24, 2.45) is 0 Å². The molecule has 0 unspecified atom stereocenters. The molecule has 0 bridgehead atoms. The van der Waals surface area contributed by atoms with Crippen LogP contribution in [0.4, 0.5) is 16.2 Å². The van der Waals surface area contributed by atoms with Gasteiger partial charge in [-0.15, -0.1) is 0 Å². The van der Waals surface area contributed by atoms with Crippen LogP contribution in [0.15, 0.2) is 42.5 Å². The van der Waals surface area contributed by atoms with Crippen molar-refractivity contribution in [2.45, 2.75) is 0 Å². The SMILES string of the molecule is Nc1cccc(-c2cccc(OCCNC(=O)O)c2)c1N. The number of amides is 1. The number of para-hydroxylation sites is 1. The Kier molecular flexibility index (Phi) is 4.50. The molecule has 2 aromatic carbocycles. The van der Waals surface area contributed by atoms with Crippen LogP contribution < -0.4 is 21.5 Å². The van der Waals surface area contributed by atoms with E-state index in [2.05, 4.69) is 5.32 Å². The summed E-state index contributed by atoms with van der Waals surface area (Å²) in [7, 11) is 0. The molecule has 0 aliphatic rings. The van der Waals surface area contributed by atoms with Gasteiger partial charge in [-0.25, -0.2) is 4.79 Å². The smallest absolute Gasteiger partial charge is 0.404 e. The molecular formula is C15H17N3O3. The average molecular weight is 287 g/mol. The Hall–Kier alpha value is -2.89. The van der Waals surface area contributed by atoms with Gasteiger partial charge in [-0.2, -0.15) is 0 Å². The number of nitrogens with two attached hydrogens (primary N) is 2. The number of nitrogens with one attached hydrogen (secondary N) is 1. The van der Waals surface area contributed by atoms with E-state index in [4.69, 9.17) is 21.3 Å². The molecule has 0 aromatic heterocycles. The van der Waals surface area contributed by atoms with Crippen molar-refractivity contribution in [3.8, 4) is 16.9 Å². The van der Waals surface area contributed by atoms with Crippen LogP contribution in [0.5, 0.6) is 5.75 Å². The molecule has 21 heavy (non-hydrogen) atoms. The molecule has 2 aromatic rings. The fourth-order valence-electron chi connectivity index (χ4n) is 1.92. The molecule has 1 amide bonds. The molecule has 6 heteroatoms. The fraction of sp³-hybridized carbons (Fsp3) is 0.133. The van der Waals surface area contributed by atoms with Gasteiger partial charge in [-0.1, -0.05) is 24.3 Å². The van der Waals surface area contributed by atoms with Crippen molar-refractivity contribution >= 4 is 17.5 Å². The average Bonchev–Trinajstić information content (AvgIpc) is 2.47. The van der Waals surface area contributed by atoms with Crippen molar-refractivity contribution in [2.75, 3.05) is 24.6 Å². The van der Waals surface area contributed by atoms with Crippen LogP contribution in [0.2, 0.25) is 0 Å². The zero-order chi connectivity index (χ0) is 15.2. The molecule has 0 aliphatic carbocycles. The summed E-state index contributed by atoms with van der Waals surface area (Å²) in [4.78, 5) is 10.3. The number of rotatable bonds is 5. The monoisotopic (exact) mass is 287 g/mol. The molecule has 0 aliphatic heterocycles. The Bertz CT molecular complexity index is 644. The summed E-state index contributed by atoms with van der Waals surface area (Å²) < 4.78 is 5.49. The Labute approximate surface area is 122 Å². The Morgan fingerprint density at radius 2 is 1.95 bits per heavy atom. The molecule has 6 N–H and O–H groups in total. The van der Waals surface area contributed by atoms with Crippen molar-refractivity contribution in [1.29, 1.82) is 0 Å². The molecule has 0 saturated heterocycles. The van der Waals surface area contributed by atoms with Crippen LogP contribution in [-0.2, 0) is 0 Å². The molecule has 0 radical (unpaired) electrons. The number of nitrogen functional groups attached to an aromatic ring is 2. The quantitative estimate of drug-likeness (QED) is 0.497. The van der Waals surface area contributed by atoms with E-state index in [-0.39, 0.29) is 13.2 Å². The predicted molar refractivity (Wildman–Crippen MR) is 82.2 cm³/mol. The number of anilines is 2. The van der Waals surface area contributed by atoms with Gasteiger partial charge < -0.3 is 26.6 Å². The summed E-state index contributed by atoms with van der Waals surface area (Å²) in [5.41, 5.74) is 14.6. The summed E-state index contributed by atoms with van der Waals surface area (Å²) >= 11 is 0. The lowest BCUT2D eigenvalue weighted by molar-refractivity contribution is 0.191. The zero-order valence-corrected chi connectivity index (χ0v) is 11.4. The molecule has 6 nitrogen and oxygen atoms in total. The molecular weight excluding hydrogens is 270 g/mol. The van der Waals surface area contributed by atoms with E-state index in [0.717, 1.165) is 11.1 Å². The van der Waals surface area contributed by atoms with Crippen molar-refractivity contribution in [3.05, 3.63) is 42.5 Å². The second kappa shape index (κ2) is 6.51. The lowest BCUT2D eigenvalue weighted by Crippen LogP contribution is -2.26. The molecule has 0 atom stereocenters. The maximum atomic E-state index is 10.3. The standard InChI is InChI=1S/C15H17N3O3/c16-13-6-2-5-12(14(13)17)10-3-1-4-11(9-10)21-8-7-18-15(19)20/h1-6,9,18H,7-8,16-17H2,(H,19,20). The molecule has 0 saturated carbocycles. The van der Waals surface area contributed by atoms with Gasteiger partial charge in [0.1, 0.15) is 12.4 Å². The van der Waals surface area contributed by atoms with Crippen LogP contribution in [0.1, 0.15) is 0 Å². The minimum Gasteiger partial charge on any atom is -0.492 e. The topological polar surface area (TPSA) is 111 Å². The highest BCUT2D eigenvalue weighted by atomic mass is 16.5. The van der Waals surface area contributed by atoms with E-state index in [0.29, 0.717) is 17.1 Å². The molecule has 110 valence electrons. The minimum absolute atomic E-state index is 0.222. The summed E-state index contributed by atoms with van der Waals surface area (Å²) in [5.74, 6) is 0.640. The van der Waals surface area contributed by atoms with Gasteiger partial charge in [0.2, 0.25) is 0 Å². The fourth-order valence-corrected chi connectivity index (χ4v) is 1.92. The second-order valence-electron chi connectivity index (χ2n) is 4.42. The first kappa shape index (κ1) is 14.5. The summed E-state index contributed by atoms with van der Waals surface area (Å²) in [6.45, 7) is 0.474. The van der Waals surface area contributed by atoms with Crippen LogP contribution in [0, 0.1) is 0 Å². The Morgan fingerprint density at radius 1 is 1.19 bits per heavy atom. The third-order valence-corrected chi connectivity index (χ3v) is 2.93. The number of ether oxygens (including phenoxy) is 1. The lowest BCUT2D eigenvalue weighted by Gasteiger charge is -2.11. The number of carbonyl (C=O) groups is 1. The van der Waals surface area contributed by atoms with Crippen molar-refractivity contribution < 1.29 is 14.6 Å². The first-order chi connectivity index (χ1) is 10.1. The van der Waals surface area contributed by atoms with E-state index >= 15 is 0 Å². The number of hydrogen-bond donors (Lipinski definition) is 4. The van der Waals surface area contributed by atoms with Crippen molar-refractivity contribution in [3.63, 3.8) is 0 Å². The van der Waals surface area contributed by atoms with Gasteiger partial charge in [-0.3, -0.25) is 0 Å². The highest BCUT2D eigenvalue weighted by Crippen LogP contribution is 2.31. The van der Waals surface area contributed by atoms with Gasteiger partial charge in [0.05, 0.1) is 17.9 Å². The predicted octanol–water partition coefficient (Wildman–Crippen LogP) is 2.16. The maximum absolute atomic E-state index is 10.3. The third-order valence-electron chi connectivity index (χ3n) is 2.93. The zero-order valence-electron chi connectivity index (χ0n) is 11.4.